The molecule has 19 heavy (non-hydrogen) atoms. The van der Waals surface area contributed by atoms with Gasteiger partial charge < -0.3 is 15.5 Å². The summed E-state index contributed by atoms with van der Waals surface area (Å²) in [4.78, 5) is 4.02. The molecule has 1 aromatic heterocycles. The number of nitrogens with zero attached hydrogens (tertiary/aromatic N) is 1. The fraction of sp³-hybridized carbons (Fsp3) is 0.267. The predicted octanol–water partition coefficient (Wildman–Crippen LogP) is 1.11. The van der Waals surface area contributed by atoms with E-state index in [4.69, 9.17) is 5.11 Å². The Bertz CT molecular complexity index is 437. The van der Waals surface area contributed by atoms with E-state index in [9.17, 15) is 5.11 Å². The lowest BCUT2D eigenvalue weighted by Gasteiger charge is -2.21. The van der Waals surface area contributed by atoms with Crippen LogP contribution < -0.4 is 5.32 Å². The quantitative estimate of drug-likeness (QED) is 0.726. The Balaban J connectivity index is 2.19. The van der Waals surface area contributed by atoms with Crippen molar-refractivity contribution in [2.75, 3.05) is 13.2 Å². The third-order valence-electron chi connectivity index (χ3n) is 2.94. The van der Waals surface area contributed by atoms with Crippen LogP contribution in [0.5, 0.6) is 0 Å². The molecule has 0 saturated heterocycles. The van der Waals surface area contributed by atoms with Crippen LogP contribution in [0.4, 0.5) is 0 Å². The van der Waals surface area contributed by atoms with Crippen LogP contribution in [-0.4, -0.2) is 34.5 Å². The molecule has 4 nitrogen and oxygen atoms in total. The SMILES string of the molecule is OCC(O)CNC(c1ccccc1)c1ccncc1. The van der Waals surface area contributed by atoms with E-state index in [2.05, 4.69) is 10.3 Å². The van der Waals surface area contributed by atoms with Gasteiger partial charge >= 0.3 is 0 Å². The molecule has 0 spiro atoms. The number of pyridine rings is 1. The van der Waals surface area contributed by atoms with E-state index in [1.807, 2.05) is 42.5 Å². The highest BCUT2D eigenvalue weighted by molar-refractivity contribution is 5.30. The largest absolute Gasteiger partial charge is 0.394 e. The lowest BCUT2D eigenvalue weighted by Crippen LogP contribution is -2.32. The van der Waals surface area contributed by atoms with Crippen molar-refractivity contribution in [3.8, 4) is 0 Å². The molecule has 0 aliphatic heterocycles. The minimum atomic E-state index is -0.756. The number of aliphatic hydroxyl groups excluding tert-OH is 2. The molecule has 0 radical (unpaired) electrons. The number of rotatable bonds is 6. The van der Waals surface area contributed by atoms with Gasteiger partial charge in [0.05, 0.1) is 18.8 Å². The molecule has 0 fully saturated rings. The summed E-state index contributed by atoms with van der Waals surface area (Å²) in [5.74, 6) is 0. The Morgan fingerprint density at radius 3 is 2.26 bits per heavy atom. The zero-order valence-corrected chi connectivity index (χ0v) is 10.6. The Morgan fingerprint density at radius 1 is 1.00 bits per heavy atom. The Labute approximate surface area is 112 Å². The molecule has 1 aromatic carbocycles. The van der Waals surface area contributed by atoms with Crippen LogP contribution in [0, 0.1) is 0 Å². The van der Waals surface area contributed by atoms with Gasteiger partial charge in [-0.25, -0.2) is 0 Å². The van der Waals surface area contributed by atoms with Crippen LogP contribution >= 0.6 is 0 Å². The summed E-state index contributed by atoms with van der Waals surface area (Å²) < 4.78 is 0. The maximum absolute atomic E-state index is 9.48. The number of hydrogen-bond donors (Lipinski definition) is 3. The highest BCUT2D eigenvalue weighted by atomic mass is 16.3. The van der Waals surface area contributed by atoms with Gasteiger partial charge in [-0.3, -0.25) is 4.98 Å². The minimum absolute atomic E-state index is 0.0228. The molecule has 2 aromatic rings. The van der Waals surface area contributed by atoms with Crippen molar-refractivity contribution in [1.82, 2.24) is 10.3 Å². The van der Waals surface area contributed by atoms with E-state index in [1.165, 1.54) is 0 Å². The van der Waals surface area contributed by atoms with Crippen LogP contribution in [0.15, 0.2) is 54.9 Å². The number of benzene rings is 1. The molecule has 0 amide bonds. The van der Waals surface area contributed by atoms with Crippen molar-refractivity contribution in [3.05, 3.63) is 66.0 Å². The molecule has 0 saturated carbocycles. The van der Waals surface area contributed by atoms with Gasteiger partial charge in [-0.1, -0.05) is 30.3 Å². The third kappa shape index (κ3) is 3.86. The van der Waals surface area contributed by atoms with E-state index >= 15 is 0 Å². The highest BCUT2D eigenvalue weighted by Gasteiger charge is 2.14. The van der Waals surface area contributed by atoms with Crippen molar-refractivity contribution in [2.24, 2.45) is 0 Å². The maximum atomic E-state index is 9.48. The van der Waals surface area contributed by atoms with Gasteiger partial charge in [0.25, 0.3) is 0 Å². The van der Waals surface area contributed by atoms with Crippen LogP contribution in [0.3, 0.4) is 0 Å². The molecule has 3 N–H and O–H groups in total. The van der Waals surface area contributed by atoms with Gasteiger partial charge in [0.15, 0.2) is 0 Å². The maximum Gasteiger partial charge on any atom is 0.0895 e. The zero-order valence-electron chi connectivity index (χ0n) is 10.6. The van der Waals surface area contributed by atoms with Crippen LogP contribution in [-0.2, 0) is 0 Å². The van der Waals surface area contributed by atoms with Crippen molar-refractivity contribution >= 4 is 0 Å². The summed E-state index contributed by atoms with van der Waals surface area (Å²) >= 11 is 0. The second kappa shape index (κ2) is 6.99. The lowest BCUT2D eigenvalue weighted by atomic mass is 9.99. The molecule has 2 rings (SSSR count). The summed E-state index contributed by atoms with van der Waals surface area (Å²) in [5, 5.41) is 21.6. The minimum Gasteiger partial charge on any atom is -0.394 e. The van der Waals surface area contributed by atoms with Crippen LogP contribution in [0.2, 0.25) is 0 Å². The van der Waals surface area contributed by atoms with Gasteiger partial charge in [0.2, 0.25) is 0 Å². The number of nitrogens with one attached hydrogen (secondary N) is 1. The topological polar surface area (TPSA) is 65.4 Å². The normalized spacial score (nSPS) is 14.0. The van der Waals surface area contributed by atoms with Gasteiger partial charge in [-0.2, -0.15) is 0 Å². The molecule has 2 atom stereocenters. The molecule has 100 valence electrons. The molecular formula is C15H18N2O2. The number of hydrogen-bond acceptors (Lipinski definition) is 4. The number of aromatic nitrogens is 1. The molecular weight excluding hydrogens is 240 g/mol. The first-order valence-corrected chi connectivity index (χ1v) is 6.28. The van der Waals surface area contributed by atoms with Gasteiger partial charge in [0.1, 0.15) is 0 Å². The van der Waals surface area contributed by atoms with E-state index in [0.717, 1.165) is 11.1 Å². The Kier molecular flexibility index (Phi) is 5.03. The average Bonchev–Trinajstić information content (AvgIpc) is 2.49. The smallest absolute Gasteiger partial charge is 0.0895 e. The first kappa shape index (κ1) is 13.7. The molecule has 0 aliphatic rings. The third-order valence-corrected chi connectivity index (χ3v) is 2.94. The van der Waals surface area contributed by atoms with E-state index < -0.39 is 6.10 Å². The van der Waals surface area contributed by atoms with Crippen LogP contribution in [0.1, 0.15) is 17.2 Å². The molecule has 2 unspecified atom stereocenters. The van der Waals surface area contributed by atoms with Gasteiger partial charge in [-0.15, -0.1) is 0 Å². The highest BCUT2D eigenvalue weighted by Crippen LogP contribution is 2.21. The van der Waals surface area contributed by atoms with Crippen molar-refractivity contribution in [1.29, 1.82) is 0 Å². The van der Waals surface area contributed by atoms with Gasteiger partial charge in [-0.05, 0) is 23.3 Å². The molecule has 0 aliphatic carbocycles. The van der Waals surface area contributed by atoms with E-state index in [-0.39, 0.29) is 12.6 Å². The van der Waals surface area contributed by atoms with Crippen molar-refractivity contribution in [3.63, 3.8) is 0 Å². The molecule has 4 heteroatoms. The van der Waals surface area contributed by atoms with E-state index in [0.29, 0.717) is 6.54 Å². The standard InChI is InChI=1S/C15H18N2O2/c18-11-14(19)10-17-15(12-4-2-1-3-5-12)13-6-8-16-9-7-13/h1-9,14-15,17-19H,10-11H2. The number of aliphatic hydroxyl groups is 2. The first-order chi connectivity index (χ1) is 9.31. The fourth-order valence-corrected chi connectivity index (χ4v) is 1.95. The summed E-state index contributed by atoms with van der Waals surface area (Å²) in [6.07, 6.45) is 2.73. The second-order valence-corrected chi connectivity index (χ2v) is 4.37. The second-order valence-electron chi connectivity index (χ2n) is 4.37. The first-order valence-electron chi connectivity index (χ1n) is 6.28. The van der Waals surface area contributed by atoms with Gasteiger partial charge in [0, 0.05) is 18.9 Å². The Morgan fingerprint density at radius 2 is 1.63 bits per heavy atom. The monoisotopic (exact) mass is 258 g/mol. The Hall–Kier alpha value is -1.75. The fourth-order valence-electron chi connectivity index (χ4n) is 1.95. The van der Waals surface area contributed by atoms with Crippen LogP contribution in [0.25, 0.3) is 0 Å². The van der Waals surface area contributed by atoms with Crippen molar-refractivity contribution in [2.45, 2.75) is 12.1 Å². The summed E-state index contributed by atoms with van der Waals surface area (Å²) in [6.45, 7) is 0.0865. The molecule has 0 bridgehead atoms. The summed E-state index contributed by atoms with van der Waals surface area (Å²) in [7, 11) is 0. The van der Waals surface area contributed by atoms with Crippen molar-refractivity contribution < 1.29 is 10.2 Å². The molecule has 1 heterocycles. The lowest BCUT2D eigenvalue weighted by molar-refractivity contribution is 0.0929. The average molecular weight is 258 g/mol. The summed E-state index contributed by atoms with van der Waals surface area (Å²) in [6, 6.07) is 13.8. The van der Waals surface area contributed by atoms with E-state index in [1.54, 1.807) is 12.4 Å². The predicted molar refractivity (Wildman–Crippen MR) is 73.6 cm³/mol. The zero-order chi connectivity index (χ0) is 13.5. The summed E-state index contributed by atoms with van der Waals surface area (Å²) in [5.41, 5.74) is 2.19.